The predicted molar refractivity (Wildman–Crippen MR) is 87.9 cm³/mol. The maximum Gasteiger partial charge on any atom is 0.124 e. The van der Waals surface area contributed by atoms with E-state index in [-0.39, 0.29) is 5.82 Å². The number of nitrogens with one attached hydrogen (secondary N) is 1. The first kappa shape index (κ1) is 14.3. The van der Waals surface area contributed by atoms with Crippen molar-refractivity contribution in [2.75, 3.05) is 7.05 Å². The zero-order chi connectivity index (χ0) is 14.8. The molecular weight excluding hydrogens is 331 g/mol. The summed E-state index contributed by atoms with van der Waals surface area (Å²) in [4.78, 5) is 0. The average molecular weight is 347 g/mol. The highest BCUT2D eigenvalue weighted by Gasteiger charge is 2.10. The van der Waals surface area contributed by atoms with E-state index in [1.165, 1.54) is 28.7 Å². The van der Waals surface area contributed by atoms with Crippen LogP contribution in [-0.4, -0.2) is 11.6 Å². The third-order valence-corrected chi connectivity index (χ3v) is 4.34. The lowest BCUT2D eigenvalue weighted by Crippen LogP contribution is -2.12. The lowest BCUT2D eigenvalue weighted by molar-refractivity contribution is 0.624. The van der Waals surface area contributed by atoms with Crippen molar-refractivity contribution >= 4 is 26.8 Å². The molecule has 0 amide bonds. The van der Waals surface area contributed by atoms with Crippen LogP contribution in [0, 0.1) is 5.82 Å². The van der Waals surface area contributed by atoms with Gasteiger partial charge in [-0.3, -0.25) is 0 Å². The smallest absolute Gasteiger partial charge is 0.124 e. The van der Waals surface area contributed by atoms with E-state index >= 15 is 0 Å². The largest absolute Gasteiger partial charge is 0.339 e. The van der Waals surface area contributed by atoms with Crippen LogP contribution in [0.5, 0.6) is 0 Å². The number of rotatable bonds is 4. The summed E-state index contributed by atoms with van der Waals surface area (Å²) in [5, 5.41) is 4.43. The fraction of sp³-hybridized carbons (Fsp3) is 0.176. The lowest BCUT2D eigenvalue weighted by Gasteiger charge is -2.12. The maximum absolute atomic E-state index is 13.2. The van der Waals surface area contributed by atoms with Gasteiger partial charge in [-0.25, -0.2) is 4.39 Å². The molecule has 108 valence electrons. The SMILES string of the molecule is CNCc1cc2ccccc2n1Cc1ccc(F)cc1Br. The molecule has 0 spiro atoms. The zero-order valence-corrected chi connectivity index (χ0v) is 13.3. The second-order valence-electron chi connectivity index (χ2n) is 5.05. The summed E-state index contributed by atoms with van der Waals surface area (Å²) in [6.07, 6.45) is 0. The fourth-order valence-corrected chi connectivity index (χ4v) is 3.08. The van der Waals surface area contributed by atoms with E-state index in [4.69, 9.17) is 0 Å². The number of aromatic nitrogens is 1. The minimum Gasteiger partial charge on any atom is -0.339 e. The number of halogens is 2. The molecule has 2 aromatic carbocycles. The van der Waals surface area contributed by atoms with Crippen molar-refractivity contribution < 1.29 is 4.39 Å². The van der Waals surface area contributed by atoms with E-state index in [0.29, 0.717) is 6.54 Å². The molecule has 0 radical (unpaired) electrons. The Morgan fingerprint density at radius 1 is 1.14 bits per heavy atom. The summed E-state index contributed by atoms with van der Waals surface area (Å²) in [6, 6.07) is 15.4. The molecule has 21 heavy (non-hydrogen) atoms. The minimum absolute atomic E-state index is 0.224. The van der Waals surface area contributed by atoms with Gasteiger partial charge in [0.2, 0.25) is 0 Å². The van der Waals surface area contributed by atoms with Crippen LogP contribution in [0.2, 0.25) is 0 Å². The Morgan fingerprint density at radius 3 is 2.71 bits per heavy atom. The fourth-order valence-electron chi connectivity index (χ4n) is 2.60. The Balaban J connectivity index is 2.07. The number of hydrogen-bond acceptors (Lipinski definition) is 1. The third-order valence-electron chi connectivity index (χ3n) is 3.60. The summed E-state index contributed by atoms with van der Waals surface area (Å²) in [7, 11) is 1.94. The van der Waals surface area contributed by atoms with Crippen molar-refractivity contribution in [3.63, 3.8) is 0 Å². The topological polar surface area (TPSA) is 17.0 Å². The molecule has 3 rings (SSSR count). The van der Waals surface area contributed by atoms with Gasteiger partial charge in [-0.1, -0.05) is 40.2 Å². The Kier molecular flexibility index (Phi) is 4.08. The van der Waals surface area contributed by atoms with E-state index in [1.54, 1.807) is 0 Å². The van der Waals surface area contributed by atoms with Gasteiger partial charge in [-0.2, -0.15) is 0 Å². The van der Waals surface area contributed by atoms with Crippen LogP contribution in [0.1, 0.15) is 11.3 Å². The minimum atomic E-state index is -0.224. The zero-order valence-electron chi connectivity index (χ0n) is 11.7. The number of fused-ring (bicyclic) bond motifs is 1. The Labute approximate surface area is 131 Å². The Hall–Kier alpha value is -1.65. The van der Waals surface area contributed by atoms with Gasteiger partial charge in [-0.15, -0.1) is 0 Å². The first-order valence-electron chi connectivity index (χ1n) is 6.84. The molecule has 3 aromatic rings. The Bertz CT molecular complexity index is 780. The van der Waals surface area contributed by atoms with Gasteiger partial charge >= 0.3 is 0 Å². The first-order valence-corrected chi connectivity index (χ1v) is 7.64. The molecule has 0 saturated carbocycles. The molecule has 1 aromatic heterocycles. The molecule has 1 N–H and O–H groups in total. The molecular formula is C17H16BrFN2. The monoisotopic (exact) mass is 346 g/mol. The first-order chi connectivity index (χ1) is 10.2. The number of para-hydroxylation sites is 1. The molecule has 0 unspecified atom stereocenters. The molecule has 2 nitrogen and oxygen atoms in total. The van der Waals surface area contributed by atoms with E-state index in [2.05, 4.69) is 44.0 Å². The maximum atomic E-state index is 13.2. The van der Waals surface area contributed by atoms with Crippen molar-refractivity contribution in [1.29, 1.82) is 0 Å². The van der Waals surface area contributed by atoms with Gasteiger partial charge in [0.15, 0.2) is 0 Å². The standard InChI is InChI=1S/C17H16BrFN2/c1-20-10-15-8-12-4-2-3-5-17(12)21(15)11-13-6-7-14(19)9-16(13)18/h2-9,20H,10-11H2,1H3. The highest BCUT2D eigenvalue weighted by molar-refractivity contribution is 9.10. The lowest BCUT2D eigenvalue weighted by atomic mass is 10.2. The summed E-state index contributed by atoms with van der Waals surface area (Å²) in [5.74, 6) is -0.224. The molecule has 0 aliphatic rings. The highest BCUT2D eigenvalue weighted by atomic mass is 79.9. The summed E-state index contributed by atoms with van der Waals surface area (Å²) in [5.41, 5.74) is 3.48. The summed E-state index contributed by atoms with van der Waals surface area (Å²) in [6.45, 7) is 1.51. The van der Waals surface area contributed by atoms with Crippen LogP contribution in [0.3, 0.4) is 0 Å². The van der Waals surface area contributed by atoms with Gasteiger partial charge < -0.3 is 9.88 Å². The third kappa shape index (κ3) is 2.87. The second-order valence-corrected chi connectivity index (χ2v) is 5.90. The van der Waals surface area contributed by atoms with Crippen LogP contribution in [-0.2, 0) is 13.1 Å². The highest BCUT2D eigenvalue weighted by Crippen LogP contribution is 2.24. The van der Waals surface area contributed by atoms with E-state index in [1.807, 2.05) is 25.2 Å². The van der Waals surface area contributed by atoms with Crippen molar-refractivity contribution in [3.8, 4) is 0 Å². The molecule has 0 aliphatic carbocycles. The van der Waals surface area contributed by atoms with Crippen molar-refractivity contribution in [2.24, 2.45) is 0 Å². The molecule has 0 saturated heterocycles. The van der Waals surface area contributed by atoms with Crippen LogP contribution in [0.25, 0.3) is 10.9 Å². The van der Waals surface area contributed by atoms with Crippen LogP contribution in [0.15, 0.2) is 53.0 Å². The van der Waals surface area contributed by atoms with Crippen molar-refractivity contribution in [3.05, 3.63) is 70.1 Å². The number of benzene rings is 2. The van der Waals surface area contributed by atoms with Gasteiger partial charge in [0, 0.05) is 28.8 Å². The molecule has 0 atom stereocenters. The molecule has 0 aliphatic heterocycles. The van der Waals surface area contributed by atoms with Crippen molar-refractivity contribution in [2.45, 2.75) is 13.1 Å². The van der Waals surface area contributed by atoms with Gasteiger partial charge in [-0.05, 0) is 42.3 Å². The van der Waals surface area contributed by atoms with Crippen molar-refractivity contribution in [1.82, 2.24) is 9.88 Å². The van der Waals surface area contributed by atoms with E-state index in [9.17, 15) is 4.39 Å². The van der Waals surface area contributed by atoms with Crippen LogP contribution < -0.4 is 5.32 Å². The molecule has 4 heteroatoms. The van der Waals surface area contributed by atoms with Gasteiger partial charge in [0.25, 0.3) is 0 Å². The van der Waals surface area contributed by atoms with E-state index in [0.717, 1.165) is 16.6 Å². The number of nitrogens with zero attached hydrogens (tertiary/aromatic N) is 1. The Morgan fingerprint density at radius 2 is 1.95 bits per heavy atom. The quantitative estimate of drug-likeness (QED) is 0.744. The molecule has 1 heterocycles. The van der Waals surface area contributed by atoms with Gasteiger partial charge in [0.05, 0.1) is 0 Å². The van der Waals surface area contributed by atoms with Crippen LogP contribution >= 0.6 is 15.9 Å². The normalized spacial score (nSPS) is 11.2. The average Bonchev–Trinajstić information content (AvgIpc) is 2.80. The second kappa shape index (κ2) is 6.00. The summed E-state index contributed by atoms with van der Waals surface area (Å²) >= 11 is 3.45. The van der Waals surface area contributed by atoms with Crippen LogP contribution in [0.4, 0.5) is 4.39 Å². The van der Waals surface area contributed by atoms with Gasteiger partial charge in [0.1, 0.15) is 5.82 Å². The molecule has 0 fully saturated rings. The van der Waals surface area contributed by atoms with E-state index < -0.39 is 0 Å². The number of hydrogen-bond donors (Lipinski definition) is 1. The predicted octanol–water partition coefficient (Wildman–Crippen LogP) is 4.31. The summed E-state index contributed by atoms with van der Waals surface area (Å²) < 4.78 is 16.3. The molecule has 0 bridgehead atoms.